The first-order valence-electron chi connectivity index (χ1n) is 11.2. The summed E-state index contributed by atoms with van der Waals surface area (Å²) in [5.74, 6) is 2.31. The van der Waals surface area contributed by atoms with E-state index in [2.05, 4.69) is 57.7 Å². The second-order valence-corrected chi connectivity index (χ2v) is 9.23. The van der Waals surface area contributed by atoms with Crippen LogP contribution in [-0.4, -0.2) is 69.6 Å². The third-order valence-electron chi connectivity index (χ3n) is 6.64. The van der Waals surface area contributed by atoms with Crippen molar-refractivity contribution in [3.05, 3.63) is 34.9 Å². The molecule has 2 aliphatic rings. The maximum Gasteiger partial charge on any atom is 0.190 e. The molecule has 0 aliphatic carbocycles. The third-order valence-corrected chi connectivity index (χ3v) is 6.87. The summed E-state index contributed by atoms with van der Waals surface area (Å²) < 4.78 is 0. The van der Waals surface area contributed by atoms with Gasteiger partial charge in [-0.25, -0.2) is 0 Å². The number of aliphatic imine (C=N–C) groups is 1. The number of hydrogen-bond donors (Lipinski definition) is 2. The van der Waals surface area contributed by atoms with E-state index in [9.17, 15) is 0 Å². The Bertz CT molecular complexity index is 663. The minimum absolute atomic E-state index is 0. The third kappa shape index (κ3) is 7.53. The number of nitrogens with zero attached hydrogens (tertiary/aromatic N) is 3. The fourth-order valence-electron chi connectivity index (χ4n) is 4.88. The van der Waals surface area contributed by atoms with E-state index in [0.29, 0.717) is 12.0 Å². The molecule has 2 atom stereocenters. The molecular formula is C23H39ClIN5. The standard InChI is InChI=1S/C23H38ClN5.HI/c1-25-23(26-12-9-18-10-14-28(2)15-11-18)27-17-20-7-5-13-29(3)22(20)19-6-4-8-21(24)16-19;/h4,6,8,16,18,20,22H,5,7,9-15,17H2,1-3H3,(H2,25,26,27);1H. The van der Waals surface area contributed by atoms with Gasteiger partial charge in [0.25, 0.3) is 0 Å². The highest BCUT2D eigenvalue weighted by molar-refractivity contribution is 14.0. The zero-order valence-electron chi connectivity index (χ0n) is 18.7. The van der Waals surface area contributed by atoms with Crippen molar-refractivity contribution in [2.75, 3.05) is 53.9 Å². The first-order chi connectivity index (χ1) is 14.1. The van der Waals surface area contributed by atoms with Gasteiger partial charge in [0, 0.05) is 31.2 Å². The fraction of sp³-hybridized carbons (Fsp3) is 0.696. The van der Waals surface area contributed by atoms with Crippen LogP contribution in [0.25, 0.3) is 0 Å². The van der Waals surface area contributed by atoms with Gasteiger partial charge < -0.3 is 15.5 Å². The molecule has 0 spiro atoms. The van der Waals surface area contributed by atoms with Crippen LogP contribution in [0.3, 0.4) is 0 Å². The molecule has 0 aromatic heterocycles. The number of likely N-dealkylation sites (tertiary alicyclic amines) is 2. The molecule has 2 unspecified atom stereocenters. The van der Waals surface area contributed by atoms with E-state index in [1.165, 1.54) is 50.8 Å². The smallest absolute Gasteiger partial charge is 0.190 e. The molecular weight excluding hydrogens is 509 g/mol. The van der Waals surface area contributed by atoms with Gasteiger partial charge in [0.1, 0.15) is 0 Å². The number of guanidine groups is 1. The highest BCUT2D eigenvalue weighted by Crippen LogP contribution is 2.35. The Morgan fingerprint density at radius 3 is 2.60 bits per heavy atom. The Morgan fingerprint density at radius 1 is 1.13 bits per heavy atom. The van der Waals surface area contributed by atoms with Gasteiger partial charge in [0.2, 0.25) is 0 Å². The van der Waals surface area contributed by atoms with Gasteiger partial charge in [-0.3, -0.25) is 9.89 Å². The van der Waals surface area contributed by atoms with Crippen LogP contribution < -0.4 is 10.6 Å². The molecule has 1 aromatic rings. The van der Waals surface area contributed by atoms with E-state index in [1.54, 1.807) is 0 Å². The molecule has 170 valence electrons. The second-order valence-electron chi connectivity index (χ2n) is 8.80. The van der Waals surface area contributed by atoms with Crippen LogP contribution in [0.2, 0.25) is 5.02 Å². The van der Waals surface area contributed by atoms with Crippen LogP contribution in [-0.2, 0) is 0 Å². The van der Waals surface area contributed by atoms with E-state index < -0.39 is 0 Å². The fourth-order valence-corrected chi connectivity index (χ4v) is 5.08. The number of piperidine rings is 2. The van der Waals surface area contributed by atoms with Crippen molar-refractivity contribution < 1.29 is 0 Å². The maximum absolute atomic E-state index is 6.27. The van der Waals surface area contributed by atoms with Crippen molar-refractivity contribution in [2.24, 2.45) is 16.8 Å². The lowest BCUT2D eigenvalue weighted by atomic mass is 9.85. The van der Waals surface area contributed by atoms with E-state index in [0.717, 1.165) is 36.5 Å². The summed E-state index contributed by atoms with van der Waals surface area (Å²) in [6, 6.07) is 8.74. The normalized spacial score (nSPS) is 24.3. The van der Waals surface area contributed by atoms with Crippen molar-refractivity contribution in [3.8, 4) is 0 Å². The van der Waals surface area contributed by atoms with Gasteiger partial charge in [-0.1, -0.05) is 23.7 Å². The molecule has 2 N–H and O–H groups in total. The summed E-state index contributed by atoms with van der Waals surface area (Å²) in [5, 5.41) is 7.94. The Hall–Kier alpha value is -0.570. The Morgan fingerprint density at radius 2 is 1.90 bits per heavy atom. The predicted octanol–water partition coefficient (Wildman–Crippen LogP) is 4.24. The zero-order chi connectivity index (χ0) is 20.6. The summed E-state index contributed by atoms with van der Waals surface area (Å²) in [6.45, 7) is 5.53. The van der Waals surface area contributed by atoms with Crippen LogP contribution in [0, 0.1) is 11.8 Å². The molecule has 30 heavy (non-hydrogen) atoms. The van der Waals surface area contributed by atoms with Gasteiger partial charge in [0.05, 0.1) is 0 Å². The lowest BCUT2D eigenvalue weighted by Crippen LogP contribution is -2.45. The maximum atomic E-state index is 6.27. The molecule has 7 heteroatoms. The van der Waals surface area contributed by atoms with E-state index in [4.69, 9.17) is 11.6 Å². The van der Waals surface area contributed by atoms with Gasteiger partial charge in [0.15, 0.2) is 5.96 Å². The Labute approximate surface area is 205 Å². The second kappa shape index (κ2) is 13.1. The topological polar surface area (TPSA) is 42.9 Å². The zero-order valence-corrected chi connectivity index (χ0v) is 21.8. The van der Waals surface area contributed by atoms with Gasteiger partial charge in [-0.2, -0.15) is 0 Å². The van der Waals surface area contributed by atoms with Crippen molar-refractivity contribution in [3.63, 3.8) is 0 Å². The Kier molecular flexibility index (Phi) is 11.2. The largest absolute Gasteiger partial charge is 0.356 e. The number of rotatable bonds is 6. The van der Waals surface area contributed by atoms with Crippen molar-refractivity contribution in [2.45, 2.75) is 38.1 Å². The van der Waals surface area contributed by atoms with Crippen LogP contribution in [0.4, 0.5) is 0 Å². The van der Waals surface area contributed by atoms with E-state index in [1.807, 2.05) is 13.1 Å². The SMILES string of the molecule is CN=C(NCCC1CCN(C)CC1)NCC1CCCN(C)C1c1cccc(Cl)c1.I. The monoisotopic (exact) mass is 547 g/mol. The average molecular weight is 548 g/mol. The molecule has 2 aliphatic heterocycles. The van der Waals surface area contributed by atoms with Crippen LogP contribution in [0.5, 0.6) is 0 Å². The molecule has 2 fully saturated rings. The summed E-state index contributed by atoms with van der Waals surface area (Å²) in [6.07, 6.45) is 6.33. The summed E-state index contributed by atoms with van der Waals surface area (Å²) in [7, 11) is 6.32. The molecule has 5 nitrogen and oxygen atoms in total. The van der Waals surface area contributed by atoms with Gasteiger partial charge in [-0.15, -0.1) is 24.0 Å². The number of nitrogens with one attached hydrogen (secondary N) is 2. The minimum atomic E-state index is 0. The molecule has 0 saturated carbocycles. The highest BCUT2D eigenvalue weighted by atomic mass is 127. The van der Waals surface area contributed by atoms with Crippen LogP contribution in [0.1, 0.15) is 43.7 Å². The van der Waals surface area contributed by atoms with E-state index in [-0.39, 0.29) is 24.0 Å². The van der Waals surface area contributed by atoms with E-state index >= 15 is 0 Å². The predicted molar refractivity (Wildman–Crippen MR) is 139 cm³/mol. The number of hydrogen-bond acceptors (Lipinski definition) is 3. The van der Waals surface area contributed by atoms with Crippen LogP contribution in [0.15, 0.2) is 29.3 Å². The Balaban J connectivity index is 0.00000320. The highest BCUT2D eigenvalue weighted by Gasteiger charge is 2.30. The molecule has 2 saturated heterocycles. The van der Waals surface area contributed by atoms with Gasteiger partial charge >= 0.3 is 0 Å². The van der Waals surface area contributed by atoms with Crippen LogP contribution >= 0.6 is 35.6 Å². The molecule has 3 rings (SSSR count). The molecule has 0 radical (unpaired) electrons. The van der Waals surface area contributed by atoms with Crippen molar-refractivity contribution in [1.29, 1.82) is 0 Å². The minimum Gasteiger partial charge on any atom is -0.356 e. The molecule has 2 heterocycles. The first kappa shape index (κ1) is 25.7. The van der Waals surface area contributed by atoms with Crippen molar-refractivity contribution >= 4 is 41.5 Å². The first-order valence-corrected chi connectivity index (χ1v) is 11.5. The quantitative estimate of drug-likeness (QED) is 0.318. The summed E-state index contributed by atoms with van der Waals surface area (Å²) >= 11 is 6.27. The number of benzene rings is 1. The lowest BCUT2D eigenvalue weighted by Gasteiger charge is -2.40. The summed E-state index contributed by atoms with van der Waals surface area (Å²) in [4.78, 5) is 9.35. The number of halogens is 2. The lowest BCUT2D eigenvalue weighted by molar-refractivity contribution is 0.122. The van der Waals surface area contributed by atoms with Crippen molar-refractivity contribution in [1.82, 2.24) is 20.4 Å². The summed E-state index contributed by atoms with van der Waals surface area (Å²) in [5.41, 5.74) is 1.32. The van der Waals surface area contributed by atoms with Gasteiger partial charge in [-0.05, 0) is 95.4 Å². The molecule has 0 amide bonds. The molecule has 0 bridgehead atoms. The molecule has 1 aromatic carbocycles. The average Bonchev–Trinajstić information content (AvgIpc) is 2.72.